The van der Waals surface area contributed by atoms with Crippen LogP contribution in [0.4, 0.5) is 9.18 Å². The molecule has 0 unspecified atom stereocenters. The fourth-order valence-corrected chi connectivity index (χ4v) is 1.27. The summed E-state index contributed by atoms with van der Waals surface area (Å²) < 4.78 is 23.0. The van der Waals surface area contributed by atoms with Gasteiger partial charge in [0.25, 0.3) is 0 Å². The third-order valence-electron chi connectivity index (χ3n) is 1.87. The van der Waals surface area contributed by atoms with E-state index in [4.69, 9.17) is 4.74 Å². The number of alkyl halides is 1. The minimum atomic E-state index is -1.60. The second-order valence-corrected chi connectivity index (χ2v) is 5.64. The van der Waals surface area contributed by atoms with Crippen molar-refractivity contribution >= 4 is 12.1 Å². The summed E-state index contributed by atoms with van der Waals surface area (Å²) >= 11 is 0. The lowest BCUT2D eigenvalue weighted by molar-refractivity contribution is -0.144. The van der Waals surface area contributed by atoms with E-state index in [-0.39, 0.29) is 6.42 Å². The second-order valence-electron chi connectivity index (χ2n) is 5.64. The number of hydrogen-bond acceptors (Lipinski definition) is 4. The van der Waals surface area contributed by atoms with Crippen molar-refractivity contribution < 1.29 is 23.5 Å². The summed E-state index contributed by atoms with van der Waals surface area (Å²) in [5, 5.41) is 2.31. The van der Waals surface area contributed by atoms with Gasteiger partial charge in [0, 0.05) is 6.42 Å². The molecule has 0 aromatic rings. The van der Waals surface area contributed by atoms with E-state index >= 15 is 0 Å². The van der Waals surface area contributed by atoms with Gasteiger partial charge >= 0.3 is 12.1 Å². The Morgan fingerprint density at radius 2 is 1.72 bits per heavy atom. The monoisotopic (exact) mass is 263 g/mol. The molecule has 0 aliphatic heterocycles. The molecule has 0 fully saturated rings. The van der Waals surface area contributed by atoms with Crippen molar-refractivity contribution in [3.05, 3.63) is 0 Å². The standard InChI is InChI=1S/C12H22FNO4/c1-11(2,3)18-10(16)14-8(9(15)17-6)7-12(4,5)13/h8H,7H2,1-6H3,(H,14,16)/t8-/m0/s1. The Balaban J connectivity index is 4.61. The van der Waals surface area contributed by atoms with E-state index in [1.807, 2.05) is 0 Å². The van der Waals surface area contributed by atoms with Crippen molar-refractivity contribution in [3.8, 4) is 0 Å². The number of carbonyl (C=O) groups is 2. The Morgan fingerprint density at radius 3 is 2.06 bits per heavy atom. The van der Waals surface area contributed by atoms with Gasteiger partial charge in [0.2, 0.25) is 0 Å². The molecule has 106 valence electrons. The summed E-state index contributed by atoms with van der Waals surface area (Å²) in [6.07, 6.45) is -0.957. The Labute approximate surface area is 107 Å². The van der Waals surface area contributed by atoms with E-state index in [2.05, 4.69) is 10.1 Å². The number of carbonyl (C=O) groups excluding carboxylic acids is 2. The summed E-state index contributed by atoms with van der Waals surface area (Å²) in [6, 6.07) is -1.06. The second kappa shape index (κ2) is 6.02. The zero-order valence-electron chi connectivity index (χ0n) is 11.8. The molecule has 0 saturated carbocycles. The number of esters is 1. The third-order valence-corrected chi connectivity index (χ3v) is 1.87. The highest BCUT2D eigenvalue weighted by molar-refractivity contribution is 5.81. The van der Waals surface area contributed by atoms with Gasteiger partial charge in [0.05, 0.1) is 7.11 Å². The van der Waals surface area contributed by atoms with E-state index in [1.54, 1.807) is 20.8 Å². The molecule has 0 aliphatic carbocycles. The van der Waals surface area contributed by atoms with Crippen LogP contribution in [-0.2, 0) is 14.3 Å². The molecule has 0 saturated heterocycles. The maximum atomic E-state index is 13.5. The quantitative estimate of drug-likeness (QED) is 0.790. The Bertz CT molecular complexity index is 304. The van der Waals surface area contributed by atoms with Crippen molar-refractivity contribution in [2.24, 2.45) is 0 Å². The Kier molecular flexibility index (Phi) is 5.57. The topological polar surface area (TPSA) is 64.6 Å². The summed E-state index contributed by atoms with van der Waals surface area (Å²) in [4.78, 5) is 22.9. The van der Waals surface area contributed by atoms with E-state index in [0.29, 0.717) is 0 Å². The largest absolute Gasteiger partial charge is 0.467 e. The van der Waals surface area contributed by atoms with Gasteiger partial charge in [0.1, 0.15) is 17.3 Å². The summed E-state index contributed by atoms with van der Waals surface area (Å²) in [5.41, 5.74) is -2.29. The smallest absolute Gasteiger partial charge is 0.408 e. The van der Waals surface area contributed by atoms with Gasteiger partial charge in [0.15, 0.2) is 0 Å². The Morgan fingerprint density at radius 1 is 1.22 bits per heavy atom. The van der Waals surface area contributed by atoms with E-state index in [9.17, 15) is 14.0 Å². The number of methoxy groups -OCH3 is 1. The fraction of sp³-hybridized carbons (Fsp3) is 0.833. The minimum absolute atomic E-state index is 0.182. The third kappa shape index (κ3) is 7.86. The van der Waals surface area contributed by atoms with E-state index in [1.165, 1.54) is 21.0 Å². The van der Waals surface area contributed by atoms with Crippen molar-refractivity contribution in [2.75, 3.05) is 7.11 Å². The number of rotatable bonds is 4. The number of nitrogens with one attached hydrogen (secondary N) is 1. The van der Waals surface area contributed by atoms with Gasteiger partial charge < -0.3 is 14.8 Å². The van der Waals surface area contributed by atoms with Gasteiger partial charge in [-0.25, -0.2) is 14.0 Å². The summed E-state index contributed by atoms with van der Waals surface area (Å²) in [7, 11) is 1.18. The van der Waals surface area contributed by atoms with Crippen LogP contribution in [0.3, 0.4) is 0 Å². The predicted octanol–water partition coefficient (Wildman–Crippen LogP) is 2.19. The van der Waals surface area contributed by atoms with Crippen LogP contribution >= 0.6 is 0 Å². The van der Waals surface area contributed by atoms with Crippen LogP contribution in [0.2, 0.25) is 0 Å². The van der Waals surface area contributed by atoms with Crippen molar-refractivity contribution in [3.63, 3.8) is 0 Å². The highest BCUT2D eigenvalue weighted by Crippen LogP contribution is 2.17. The molecule has 6 heteroatoms. The lowest BCUT2D eigenvalue weighted by Gasteiger charge is -2.25. The average molecular weight is 263 g/mol. The predicted molar refractivity (Wildman–Crippen MR) is 65.0 cm³/mol. The van der Waals surface area contributed by atoms with Crippen molar-refractivity contribution in [1.82, 2.24) is 5.32 Å². The SMILES string of the molecule is COC(=O)[C@H](CC(C)(C)F)NC(=O)OC(C)(C)C. The number of alkyl carbamates (subject to hydrolysis) is 1. The molecule has 18 heavy (non-hydrogen) atoms. The first-order valence-corrected chi connectivity index (χ1v) is 5.71. The molecule has 1 atom stereocenters. The van der Waals surface area contributed by atoms with Crippen LogP contribution in [0, 0.1) is 0 Å². The molecular weight excluding hydrogens is 241 g/mol. The highest BCUT2D eigenvalue weighted by atomic mass is 19.1. The minimum Gasteiger partial charge on any atom is -0.467 e. The lowest BCUT2D eigenvalue weighted by atomic mass is 10.0. The van der Waals surface area contributed by atoms with Gasteiger partial charge in [-0.15, -0.1) is 0 Å². The molecule has 0 aliphatic rings. The van der Waals surface area contributed by atoms with Crippen molar-refractivity contribution in [2.45, 2.75) is 58.4 Å². The summed E-state index contributed by atoms with van der Waals surface area (Å²) in [6.45, 7) is 7.72. The highest BCUT2D eigenvalue weighted by Gasteiger charge is 2.31. The lowest BCUT2D eigenvalue weighted by Crippen LogP contribution is -2.46. The zero-order valence-corrected chi connectivity index (χ0v) is 11.8. The fourth-order valence-electron chi connectivity index (χ4n) is 1.27. The molecule has 0 radical (unpaired) electrons. The van der Waals surface area contributed by atoms with Crippen LogP contribution in [0.5, 0.6) is 0 Å². The Hall–Kier alpha value is -1.33. The van der Waals surface area contributed by atoms with Gasteiger partial charge in [-0.3, -0.25) is 0 Å². The molecule has 5 nitrogen and oxygen atoms in total. The number of ether oxygens (including phenoxy) is 2. The number of hydrogen-bond donors (Lipinski definition) is 1. The van der Waals surface area contributed by atoms with Gasteiger partial charge in [-0.05, 0) is 34.6 Å². The van der Waals surface area contributed by atoms with Crippen LogP contribution in [0.1, 0.15) is 41.0 Å². The van der Waals surface area contributed by atoms with Gasteiger partial charge in [-0.2, -0.15) is 0 Å². The maximum absolute atomic E-state index is 13.5. The molecule has 0 heterocycles. The number of amides is 1. The van der Waals surface area contributed by atoms with Gasteiger partial charge in [-0.1, -0.05) is 0 Å². The first kappa shape index (κ1) is 16.7. The zero-order chi connectivity index (χ0) is 14.6. The first-order chi connectivity index (χ1) is 7.94. The molecule has 0 aromatic heterocycles. The van der Waals surface area contributed by atoms with Crippen LogP contribution in [-0.4, -0.2) is 36.5 Å². The molecule has 0 rings (SSSR count). The normalized spacial score (nSPS) is 13.7. The van der Waals surface area contributed by atoms with Crippen LogP contribution in [0.25, 0.3) is 0 Å². The van der Waals surface area contributed by atoms with Crippen LogP contribution in [0.15, 0.2) is 0 Å². The van der Waals surface area contributed by atoms with Crippen LogP contribution < -0.4 is 5.32 Å². The van der Waals surface area contributed by atoms with Crippen molar-refractivity contribution in [1.29, 1.82) is 0 Å². The average Bonchev–Trinajstić information content (AvgIpc) is 2.10. The molecule has 0 bridgehead atoms. The maximum Gasteiger partial charge on any atom is 0.408 e. The molecule has 1 amide bonds. The molecule has 1 N–H and O–H groups in total. The van der Waals surface area contributed by atoms with E-state index < -0.39 is 29.4 Å². The molecule has 0 aromatic carbocycles. The van der Waals surface area contributed by atoms with E-state index in [0.717, 1.165) is 0 Å². The summed E-state index contributed by atoms with van der Waals surface area (Å²) in [5.74, 6) is -0.702. The molecule has 0 spiro atoms. The number of halogens is 1. The molecular formula is C12H22FNO4. The first-order valence-electron chi connectivity index (χ1n) is 5.71.